The van der Waals surface area contributed by atoms with E-state index in [1.54, 1.807) is 0 Å². The Morgan fingerprint density at radius 1 is 1.00 bits per heavy atom. The summed E-state index contributed by atoms with van der Waals surface area (Å²) in [5.41, 5.74) is 5.84. The van der Waals surface area contributed by atoms with Crippen molar-refractivity contribution >= 4 is 0 Å². The molecule has 0 aliphatic rings. The van der Waals surface area contributed by atoms with Gasteiger partial charge in [-0.25, -0.2) is 0 Å². The molecule has 0 saturated heterocycles. The average molecular weight is 129 g/mol. The predicted molar refractivity (Wildman–Crippen MR) is 42.3 cm³/mol. The molecule has 1 atom stereocenters. The Labute approximate surface area is 58.6 Å². The summed E-state index contributed by atoms with van der Waals surface area (Å²) < 4.78 is 0. The van der Waals surface area contributed by atoms with E-state index in [0.29, 0.717) is 6.04 Å². The molecule has 2 N–H and O–H groups in total. The molecule has 0 aliphatic heterocycles. The van der Waals surface area contributed by atoms with Crippen LogP contribution in [0.15, 0.2) is 0 Å². The van der Waals surface area contributed by atoms with Gasteiger partial charge in [-0.1, -0.05) is 33.6 Å². The second-order valence-electron chi connectivity index (χ2n) is 2.65. The summed E-state index contributed by atoms with van der Waals surface area (Å²) in [5, 5.41) is 0. The first kappa shape index (κ1) is 8.96. The molecule has 56 valence electrons. The van der Waals surface area contributed by atoms with Gasteiger partial charge in [0.05, 0.1) is 0 Å². The largest absolute Gasteiger partial charge is 0.327 e. The highest BCUT2D eigenvalue weighted by atomic mass is 14.6. The van der Waals surface area contributed by atoms with E-state index in [1.807, 2.05) is 0 Å². The van der Waals surface area contributed by atoms with Crippen molar-refractivity contribution in [3.05, 3.63) is 0 Å². The van der Waals surface area contributed by atoms with Gasteiger partial charge in [-0.15, -0.1) is 0 Å². The van der Waals surface area contributed by atoms with Gasteiger partial charge in [-0.3, -0.25) is 0 Å². The molecule has 0 aliphatic carbocycles. The maximum atomic E-state index is 5.84. The van der Waals surface area contributed by atoms with Crippen molar-refractivity contribution in [3.8, 4) is 0 Å². The van der Waals surface area contributed by atoms with Gasteiger partial charge in [0, 0.05) is 6.04 Å². The standard InChI is InChI=1S/C8H19N/c1-4-7(5-2)8(9)6-3/h7-8H,4-6,9H2,1-3H3. The van der Waals surface area contributed by atoms with Gasteiger partial charge in [0.15, 0.2) is 0 Å². The first-order valence-corrected chi connectivity index (χ1v) is 4.01. The van der Waals surface area contributed by atoms with Crippen LogP contribution in [0.4, 0.5) is 0 Å². The molecule has 0 rings (SSSR count). The smallest absolute Gasteiger partial charge is 0.00643 e. The highest BCUT2D eigenvalue weighted by molar-refractivity contribution is 4.67. The summed E-state index contributed by atoms with van der Waals surface area (Å²) in [6.45, 7) is 6.58. The highest BCUT2D eigenvalue weighted by Crippen LogP contribution is 2.12. The first-order valence-electron chi connectivity index (χ1n) is 4.01. The van der Waals surface area contributed by atoms with Crippen LogP contribution in [0.5, 0.6) is 0 Å². The minimum Gasteiger partial charge on any atom is -0.327 e. The summed E-state index contributed by atoms with van der Waals surface area (Å²) in [4.78, 5) is 0. The fourth-order valence-corrected chi connectivity index (χ4v) is 1.23. The molecule has 0 amide bonds. The highest BCUT2D eigenvalue weighted by Gasteiger charge is 2.10. The molecular weight excluding hydrogens is 110 g/mol. The van der Waals surface area contributed by atoms with Crippen LogP contribution in [0.25, 0.3) is 0 Å². The molecule has 0 spiro atoms. The molecule has 0 aromatic rings. The van der Waals surface area contributed by atoms with Crippen LogP contribution in [0.3, 0.4) is 0 Å². The minimum atomic E-state index is 0.431. The van der Waals surface area contributed by atoms with Crippen LogP contribution >= 0.6 is 0 Å². The molecule has 1 unspecified atom stereocenters. The van der Waals surface area contributed by atoms with E-state index in [-0.39, 0.29) is 0 Å². The van der Waals surface area contributed by atoms with Crippen molar-refractivity contribution in [1.29, 1.82) is 0 Å². The Morgan fingerprint density at radius 2 is 1.44 bits per heavy atom. The van der Waals surface area contributed by atoms with Crippen LogP contribution in [0.2, 0.25) is 0 Å². The van der Waals surface area contributed by atoms with Gasteiger partial charge >= 0.3 is 0 Å². The number of hydrogen-bond donors (Lipinski definition) is 1. The molecule has 9 heavy (non-hydrogen) atoms. The van der Waals surface area contributed by atoms with Crippen LogP contribution in [-0.4, -0.2) is 6.04 Å². The van der Waals surface area contributed by atoms with Crippen molar-refractivity contribution in [3.63, 3.8) is 0 Å². The fourth-order valence-electron chi connectivity index (χ4n) is 1.23. The van der Waals surface area contributed by atoms with Gasteiger partial charge in [0.2, 0.25) is 0 Å². The van der Waals surface area contributed by atoms with E-state index in [2.05, 4.69) is 20.8 Å². The molecule has 1 nitrogen and oxygen atoms in total. The maximum Gasteiger partial charge on any atom is 0.00643 e. The van der Waals surface area contributed by atoms with E-state index in [1.165, 1.54) is 12.8 Å². The van der Waals surface area contributed by atoms with E-state index in [4.69, 9.17) is 5.73 Å². The van der Waals surface area contributed by atoms with E-state index >= 15 is 0 Å². The Bertz CT molecular complexity index is 57.6. The minimum absolute atomic E-state index is 0.431. The topological polar surface area (TPSA) is 26.0 Å². The lowest BCUT2D eigenvalue weighted by atomic mass is 9.93. The van der Waals surface area contributed by atoms with Gasteiger partial charge in [0.1, 0.15) is 0 Å². The third kappa shape index (κ3) is 2.85. The zero-order chi connectivity index (χ0) is 7.28. The lowest BCUT2D eigenvalue weighted by Crippen LogP contribution is -2.28. The quantitative estimate of drug-likeness (QED) is 0.618. The summed E-state index contributed by atoms with van der Waals surface area (Å²) in [7, 11) is 0. The average Bonchev–Trinajstić information content (AvgIpc) is 1.90. The van der Waals surface area contributed by atoms with E-state index in [9.17, 15) is 0 Å². The number of hydrogen-bond acceptors (Lipinski definition) is 1. The summed E-state index contributed by atoms with van der Waals surface area (Å²) in [6.07, 6.45) is 3.57. The maximum absolute atomic E-state index is 5.84. The second kappa shape index (κ2) is 4.80. The van der Waals surface area contributed by atoms with Crippen LogP contribution < -0.4 is 5.73 Å². The molecule has 0 radical (unpaired) electrons. The monoisotopic (exact) mass is 129 g/mol. The van der Waals surface area contributed by atoms with E-state index in [0.717, 1.165) is 12.3 Å². The molecule has 0 fully saturated rings. The normalized spacial score (nSPS) is 14.3. The van der Waals surface area contributed by atoms with Crippen molar-refractivity contribution < 1.29 is 0 Å². The van der Waals surface area contributed by atoms with Crippen molar-refractivity contribution in [2.75, 3.05) is 0 Å². The molecule has 0 heterocycles. The Balaban J connectivity index is 3.50. The molecule has 0 aromatic heterocycles. The zero-order valence-corrected chi connectivity index (χ0v) is 6.85. The fraction of sp³-hybridized carbons (Fsp3) is 1.00. The second-order valence-corrected chi connectivity index (χ2v) is 2.65. The lowest BCUT2D eigenvalue weighted by molar-refractivity contribution is 0.387. The zero-order valence-electron chi connectivity index (χ0n) is 6.85. The molecule has 1 heteroatoms. The molecular formula is C8H19N. The van der Waals surface area contributed by atoms with Gasteiger partial charge in [0.25, 0.3) is 0 Å². The van der Waals surface area contributed by atoms with Crippen LogP contribution in [0, 0.1) is 5.92 Å². The molecule has 0 aromatic carbocycles. The first-order chi connectivity index (χ1) is 4.26. The Kier molecular flexibility index (Phi) is 4.78. The van der Waals surface area contributed by atoms with Crippen LogP contribution in [-0.2, 0) is 0 Å². The summed E-state index contributed by atoms with van der Waals surface area (Å²) >= 11 is 0. The summed E-state index contributed by atoms with van der Waals surface area (Å²) in [5.74, 6) is 0.745. The van der Waals surface area contributed by atoms with Gasteiger partial charge in [-0.2, -0.15) is 0 Å². The lowest BCUT2D eigenvalue weighted by Gasteiger charge is -2.18. The summed E-state index contributed by atoms with van der Waals surface area (Å²) in [6, 6.07) is 0.431. The number of nitrogens with two attached hydrogens (primary N) is 1. The Morgan fingerprint density at radius 3 is 1.56 bits per heavy atom. The third-order valence-corrected chi connectivity index (χ3v) is 2.13. The van der Waals surface area contributed by atoms with Crippen molar-refractivity contribution in [2.45, 2.75) is 46.1 Å². The van der Waals surface area contributed by atoms with Gasteiger partial charge in [-0.05, 0) is 12.3 Å². The van der Waals surface area contributed by atoms with Crippen molar-refractivity contribution in [1.82, 2.24) is 0 Å². The van der Waals surface area contributed by atoms with E-state index < -0.39 is 0 Å². The third-order valence-electron chi connectivity index (χ3n) is 2.13. The number of rotatable bonds is 4. The molecule has 0 saturated carbocycles. The van der Waals surface area contributed by atoms with Crippen molar-refractivity contribution in [2.24, 2.45) is 11.7 Å². The van der Waals surface area contributed by atoms with Crippen LogP contribution in [0.1, 0.15) is 40.0 Å². The Hall–Kier alpha value is -0.0400. The van der Waals surface area contributed by atoms with Gasteiger partial charge < -0.3 is 5.73 Å². The predicted octanol–water partition coefficient (Wildman–Crippen LogP) is 2.16. The molecule has 0 bridgehead atoms. The SMILES string of the molecule is CCC(N)C(CC)CC.